The van der Waals surface area contributed by atoms with Crippen molar-refractivity contribution in [1.82, 2.24) is 5.48 Å². The number of carbonyl (C=O) groups is 1. The van der Waals surface area contributed by atoms with Gasteiger partial charge in [-0.15, -0.1) is 0 Å². The zero-order valence-corrected chi connectivity index (χ0v) is 13.4. The van der Waals surface area contributed by atoms with Crippen molar-refractivity contribution < 1.29 is 29.7 Å². The molecular weight excluding hydrogens is 302 g/mol. The second-order valence-electron chi connectivity index (χ2n) is 4.99. The van der Waals surface area contributed by atoms with Gasteiger partial charge in [-0.2, -0.15) is 0 Å². The molecule has 7 nitrogen and oxygen atoms in total. The zero-order chi connectivity index (χ0) is 17.4. The average molecular weight is 325 g/mol. The summed E-state index contributed by atoms with van der Waals surface area (Å²) in [4.78, 5) is 11.5. The van der Waals surface area contributed by atoms with Gasteiger partial charge >= 0.3 is 0 Å². The molecule has 0 spiro atoms. The van der Waals surface area contributed by atoms with Crippen LogP contribution in [0.2, 0.25) is 0 Å². The lowest BCUT2D eigenvalue weighted by Crippen LogP contribution is -2.27. The summed E-state index contributed by atoms with van der Waals surface area (Å²) in [5.41, 5.74) is 2.92. The Morgan fingerprint density at radius 2 is 1.87 bits per heavy atom. The molecule has 1 amide bonds. The summed E-state index contributed by atoms with van der Waals surface area (Å²) in [5, 5.41) is 27.9. The summed E-state index contributed by atoms with van der Waals surface area (Å²) in [6.45, 7) is 3.30. The molecule has 1 aromatic rings. The van der Waals surface area contributed by atoms with Crippen LogP contribution < -0.4 is 10.2 Å². The molecule has 23 heavy (non-hydrogen) atoms. The molecule has 0 saturated heterocycles. The highest BCUT2D eigenvalue weighted by Crippen LogP contribution is 2.27. The van der Waals surface area contributed by atoms with Crippen molar-refractivity contribution in [1.29, 1.82) is 0 Å². The van der Waals surface area contributed by atoms with Crippen molar-refractivity contribution in [2.24, 2.45) is 0 Å². The van der Waals surface area contributed by atoms with Crippen LogP contribution in [0.1, 0.15) is 25.5 Å². The summed E-state index contributed by atoms with van der Waals surface area (Å²) >= 11 is 0. The van der Waals surface area contributed by atoms with E-state index in [4.69, 9.17) is 19.8 Å². The monoisotopic (exact) mass is 325 g/mol. The van der Waals surface area contributed by atoms with E-state index in [9.17, 15) is 9.90 Å². The van der Waals surface area contributed by atoms with Gasteiger partial charge in [0.05, 0.1) is 6.61 Å². The first-order chi connectivity index (χ1) is 11.0. The van der Waals surface area contributed by atoms with Crippen LogP contribution in [0.3, 0.4) is 0 Å². The highest BCUT2D eigenvalue weighted by atomic mass is 16.5. The molecule has 128 valence electrons. The van der Waals surface area contributed by atoms with E-state index in [1.807, 2.05) is 0 Å². The SMILES string of the molecule is CO[C@@H](/C(C)=C(\C)C(=O)NO)[C@@H](O)c1ccc(OCCO)cc1. The molecule has 0 aliphatic heterocycles. The van der Waals surface area contributed by atoms with Crippen molar-refractivity contribution in [2.45, 2.75) is 26.1 Å². The largest absolute Gasteiger partial charge is 0.491 e. The third kappa shape index (κ3) is 5.04. The Morgan fingerprint density at radius 3 is 2.35 bits per heavy atom. The first kappa shape index (κ1) is 19.1. The quantitative estimate of drug-likeness (QED) is 0.322. The van der Waals surface area contributed by atoms with Crippen LogP contribution in [0, 0.1) is 0 Å². The van der Waals surface area contributed by atoms with E-state index in [-0.39, 0.29) is 18.8 Å². The number of aliphatic hydroxyl groups is 2. The highest BCUT2D eigenvalue weighted by molar-refractivity contribution is 5.92. The number of hydroxylamine groups is 1. The zero-order valence-electron chi connectivity index (χ0n) is 13.4. The number of methoxy groups -OCH3 is 1. The standard InChI is InChI=1S/C16H23NO6/c1-10(11(2)16(20)17-21)15(22-3)14(19)12-4-6-13(7-5-12)23-9-8-18/h4-7,14-15,18-19,21H,8-9H2,1-3H3,(H,17,20)/b11-10+/t14-,15-/m0/s1. The number of carbonyl (C=O) groups excluding carboxylic acids is 1. The number of amides is 1. The van der Waals surface area contributed by atoms with Gasteiger partial charge in [0.1, 0.15) is 24.6 Å². The Labute approximate surface area is 135 Å². The molecule has 0 saturated carbocycles. The molecule has 0 aromatic heterocycles. The van der Waals surface area contributed by atoms with Gasteiger partial charge in [0, 0.05) is 12.7 Å². The minimum Gasteiger partial charge on any atom is -0.491 e. The summed E-state index contributed by atoms with van der Waals surface area (Å²) in [6, 6.07) is 6.71. The highest BCUT2D eigenvalue weighted by Gasteiger charge is 2.25. The fraction of sp³-hybridized carbons (Fsp3) is 0.438. The number of hydrogen-bond acceptors (Lipinski definition) is 6. The Balaban J connectivity index is 2.96. The lowest BCUT2D eigenvalue weighted by molar-refractivity contribution is -0.125. The van der Waals surface area contributed by atoms with Gasteiger partial charge in [0.15, 0.2) is 0 Å². The van der Waals surface area contributed by atoms with Gasteiger partial charge in [-0.3, -0.25) is 10.0 Å². The fourth-order valence-electron chi connectivity index (χ4n) is 2.12. The van der Waals surface area contributed by atoms with Gasteiger partial charge in [0.2, 0.25) is 0 Å². The molecule has 0 unspecified atom stereocenters. The maximum atomic E-state index is 11.5. The second-order valence-corrected chi connectivity index (χ2v) is 4.99. The lowest BCUT2D eigenvalue weighted by atomic mass is 9.95. The Bertz CT molecular complexity index is 540. The maximum Gasteiger partial charge on any atom is 0.270 e. The maximum absolute atomic E-state index is 11.5. The van der Waals surface area contributed by atoms with E-state index in [2.05, 4.69) is 0 Å². The fourth-order valence-corrected chi connectivity index (χ4v) is 2.12. The molecule has 4 N–H and O–H groups in total. The lowest BCUT2D eigenvalue weighted by Gasteiger charge is -2.24. The number of aliphatic hydroxyl groups excluding tert-OH is 2. The number of nitrogens with one attached hydrogen (secondary N) is 1. The smallest absolute Gasteiger partial charge is 0.270 e. The Kier molecular flexibility index (Phi) is 7.70. The second kappa shape index (κ2) is 9.26. The van der Waals surface area contributed by atoms with Gasteiger partial charge < -0.3 is 19.7 Å². The van der Waals surface area contributed by atoms with E-state index in [1.54, 1.807) is 36.7 Å². The van der Waals surface area contributed by atoms with Crippen LogP contribution in [-0.2, 0) is 9.53 Å². The van der Waals surface area contributed by atoms with E-state index in [1.165, 1.54) is 14.0 Å². The third-order valence-electron chi connectivity index (χ3n) is 3.58. The van der Waals surface area contributed by atoms with E-state index >= 15 is 0 Å². The Morgan fingerprint density at radius 1 is 1.26 bits per heavy atom. The molecule has 0 bridgehead atoms. The van der Waals surface area contributed by atoms with Crippen LogP contribution in [0.4, 0.5) is 0 Å². The van der Waals surface area contributed by atoms with Gasteiger partial charge in [0.25, 0.3) is 5.91 Å². The normalized spacial score (nSPS) is 14.7. The minimum atomic E-state index is -0.992. The molecule has 0 aliphatic rings. The molecule has 1 rings (SSSR count). The number of rotatable bonds is 8. The number of benzene rings is 1. The first-order valence-electron chi connectivity index (χ1n) is 7.12. The van der Waals surface area contributed by atoms with E-state index in [0.29, 0.717) is 16.9 Å². The summed E-state index contributed by atoms with van der Waals surface area (Å²) in [7, 11) is 1.43. The topological polar surface area (TPSA) is 108 Å². The molecule has 0 heterocycles. The predicted octanol–water partition coefficient (Wildman–Crippen LogP) is 0.948. The van der Waals surface area contributed by atoms with Gasteiger partial charge in [-0.25, -0.2) is 5.48 Å². The molecule has 7 heteroatoms. The molecule has 0 fully saturated rings. The van der Waals surface area contributed by atoms with E-state index in [0.717, 1.165) is 0 Å². The third-order valence-corrected chi connectivity index (χ3v) is 3.58. The molecule has 0 radical (unpaired) electrons. The summed E-state index contributed by atoms with van der Waals surface area (Å²) in [5.74, 6) is -0.0726. The summed E-state index contributed by atoms with van der Waals surface area (Å²) < 4.78 is 10.6. The van der Waals surface area contributed by atoms with Crippen molar-refractivity contribution >= 4 is 5.91 Å². The van der Waals surface area contributed by atoms with Crippen LogP contribution in [0.5, 0.6) is 5.75 Å². The van der Waals surface area contributed by atoms with Gasteiger partial charge in [-0.05, 0) is 37.1 Å². The molecule has 0 aliphatic carbocycles. The Hall–Kier alpha value is -1.93. The van der Waals surface area contributed by atoms with Gasteiger partial charge in [-0.1, -0.05) is 12.1 Å². The average Bonchev–Trinajstić information content (AvgIpc) is 2.59. The molecular formula is C16H23NO6. The van der Waals surface area contributed by atoms with Crippen LogP contribution in [0.25, 0.3) is 0 Å². The van der Waals surface area contributed by atoms with Crippen molar-refractivity contribution in [2.75, 3.05) is 20.3 Å². The van der Waals surface area contributed by atoms with Crippen molar-refractivity contribution in [3.05, 3.63) is 41.0 Å². The van der Waals surface area contributed by atoms with Crippen molar-refractivity contribution in [3.63, 3.8) is 0 Å². The van der Waals surface area contributed by atoms with Crippen LogP contribution in [-0.4, -0.2) is 47.8 Å². The number of hydrogen-bond donors (Lipinski definition) is 4. The summed E-state index contributed by atoms with van der Waals surface area (Å²) in [6.07, 6.45) is -1.73. The minimum absolute atomic E-state index is 0.0771. The van der Waals surface area contributed by atoms with Crippen LogP contribution in [0.15, 0.2) is 35.4 Å². The first-order valence-corrected chi connectivity index (χ1v) is 7.12. The number of ether oxygens (including phenoxy) is 2. The van der Waals surface area contributed by atoms with Crippen molar-refractivity contribution in [3.8, 4) is 5.75 Å². The van der Waals surface area contributed by atoms with E-state index < -0.39 is 18.1 Å². The molecule has 2 atom stereocenters. The predicted molar refractivity (Wildman–Crippen MR) is 83.1 cm³/mol. The van der Waals surface area contributed by atoms with Crippen LogP contribution >= 0.6 is 0 Å². The molecule has 1 aromatic carbocycles.